The molecule has 0 aliphatic rings. The first kappa shape index (κ1) is 11.9. The second-order valence-corrected chi connectivity index (χ2v) is 4.10. The number of aryl methyl sites for hydroxylation is 1. The fourth-order valence-corrected chi connectivity index (χ4v) is 1.80. The zero-order valence-corrected chi connectivity index (χ0v) is 9.82. The minimum absolute atomic E-state index is 0.225. The topological polar surface area (TPSA) is 39.2 Å². The van der Waals surface area contributed by atoms with Crippen LogP contribution in [-0.2, 0) is 12.8 Å². The van der Waals surface area contributed by atoms with E-state index < -0.39 is 0 Å². The van der Waals surface area contributed by atoms with Crippen molar-refractivity contribution in [1.82, 2.24) is 0 Å². The van der Waals surface area contributed by atoms with E-state index in [9.17, 15) is 4.39 Å². The van der Waals surface area contributed by atoms with Crippen LogP contribution in [0.25, 0.3) is 0 Å². The highest BCUT2D eigenvalue weighted by Gasteiger charge is 2.11. The van der Waals surface area contributed by atoms with Crippen molar-refractivity contribution < 1.29 is 8.81 Å². The molecule has 1 aromatic carbocycles. The van der Waals surface area contributed by atoms with E-state index in [1.807, 2.05) is 25.1 Å². The van der Waals surface area contributed by atoms with Crippen molar-refractivity contribution in [2.75, 3.05) is 0 Å². The van der Waals surface area contributed by atoms with Gasteiger partial charge in [-0.3, -0.25) is 0 Å². The predicted molar refractivity (Wildman–Crippen MR) is 65.1 cm³/mol. The molecular formula is C14H16FNO. The van der Waals surface area contributed by atoms with Crippen LogP contribution >= 0.6 is 0 Å². The molecule has 2 rings (SSSR count). The Kier molecular flexibility index (Phi) is 3.59. The van der Waals surface area contributed by atoms with Gasteiger partial charge in [-0.25, -0.2) is 4.39 Å². The summed E-state index contributed by atoms with van der Waals surface area (Å²) < 4.78 is 18.6. The average molecular weight is 233 g/mol. The van der Waals surface area contributed by atoms with E-state index in [0.29, 0.717) is 6.42 Å². The van der Waals surface area contributed by atoms with Gasteiger partial charge in [0.2, 0.25) is 0 Å². The van der Waals surface area contributed by atoms with Crippen LogP contribution in [0, 0.1) is 5.82 Å². The molecule has 0 spiro atoms. The summed E-state index contributed by atoms with van der Waals surface area (Å²) in [6.07, 6.45) is 1.43. The van der Waals surface area contributed by atoms with E-state index >= 15 is 0 Å². The molecule has 0 radical (unpaired) electrons. The first-order chi connectivity index (χ1) is 8.19. The van der Waals surface area contributed by atoms with E-state index in [1.165, 1.54) is 12.1 Å². The lowest BCUT2D eigenvalue weighted by Gasteiger charge is -2.08. The summed E-state index contributed by atoms with van der Waals surface area (Å²) in [4.78, 5) is 0. The zero-order valence-electron chi connectivity index (χ0n) is 9.82. The standard InChI is InChI=1S/C14H16FNO/c1-2-12-6-7-14(17-12)13(16)9-10-4-3-5-11(15)8-10/h3-8,13H,2,9,16H2,1H3. The Morgan fingerprint density at radius 1 is 1.29 bits per heavy atom. The lowest BCUT2D eigenvalue weighted by molar-refractivity contribution is 0.434. The molecule has 2 nitrogen and oxygen atoms in total. The molecule has 1 atom stereocenters. The Labute approximate surface area is 100 Å². The van der Waals surface area contributed by atoms with Gasteiger partial charge in [0, 0.05) is 6.42 Å². The fourth-order valence-electron chi connectivity index (χ4n) is 1.80. The maximum Gasteiger partial charge on any atom is 0.123 e. The SMILES string of the molecule is CCc1ccc(C(N)Cc2cccc(F)c2)o1. The van der Waals surface area contributed by atoms with Crippen molar-refractivity contribution >= 4 is 0 Å². The molecule has 0 aliphatic carbocycles. The van der Waals surface area contributed by atoms with Crippen molar-refractivity contribution in [2.45, 2.75) is 25.8 Å². The van der Waals surface area contributed by atoms with Gasteiger partial charge >= 0.3 is 0 Å². The molecule has 1 heterocycles. The van der Waals surface area contributed by atoms with E-state index in [-0.39, 0.29) is 11.9 Å². The number of halogens is 1. The van der Waals surface area contributed by atoms with Gasteiger partial charge in [-0.1, -0.05) is 19.1 Å². The number of benzene rings is 1. The van der Waals surface area contributed by atoms with Gasteiger partial charge in [-0.05, 0) is 36.2 Å². The number of furan rings is 1. The summed E-state index contributed by atoms with van der Waals surface area (Å²) >= 11 is 0. The summed E-state index contributed by atoms with van der Waals surface area (Å²) in [5.74, 6) is 1.45. The highest BCUT2D eigenvalue weighted by atomic mass is 19.1. The molecule has 0 saturated carbocycles. The van der Waals surface area contributed by atoms with E-state index in [1.54, 1.807) is 6.07 Å². The Balaban J connectivity index is 2.08. The van der Waals surface area contributed by atoms with Gasteiger partial charge < -0.3 is 10.2 Å². The lowest BCUT2D eigenvalue weighted by Crippen LogP contribution is -2.12. The van der Waals surface area contributed by atoms with Crippen LogP contribution in [0.1, 0.15) is 30.0 Å². The first-order valence-corrected chi connectivity index (χ1v) is 5.77. The minimum Gasteiger partial charge on any atom is -0.464 e. The van der Waals surface area contributed by atoms with Crippen LogP contribution in [0.4, 0.5) is 4.39 Å². The number of rotatable bonds is 4. The summed E-state index contributed by atoms with van der Waals surface area (Å²) in [6, 6.07) is 10.1. The average Bonchev–Trinajstić information content (AvgIpc) is 2.77. The molecule has 0 aliphatic heterocycles. The molecular weight excluding hydrogens is 217 g/mol. The third kappa shape index (κ3) is 2.94. The normalized spacial score (nSPS) is 12.6. The van der Waals surface area contributed by atoms with E-state index in [2.05, 4.69) is 0 Å². The second-order valence-electron chi connectivity index (χ2n) is 4.10. The van der Waals surface area contributed by atoms with Crippen LogP contribution in [0.5, 0.6) is 0 Å². The van der Waals surface area contributed by atoms with Crippen LogP contribution in [-0.4, -0.2) is 0 Å². The lowest BCUT2D eigenvalue weighted by atomic mass is 10.0. The zero-order chi connectivity index (χ0) is 12.3. The van der Waals surface area contributed by atoms with Gasteiger partial charge in [0.25, 0.3) is 0 Å². The molecule has 3 heteroatoms. The van der Waals surface area contributed by atoms with Crippen LogP contribution in [0.2, 0.25) is 0 Å². The molecule has 17 heavy (non-hydrogen) atoms. The summed E-state index contributed by atoms with van der Waals surface area (Å²) in [5, 5.41) is 0. The Hall–Kier alpha value is -1.61. The van der Waals surface area contributed by atoms with Gasteiger partial charge in [-0.2, -0.15) is 0 Å². The number of hydrogen-bond acceptors (Lipinski definition) is 2. The van der Waals surface area contributed by atoms with Gasteiger partial charge in [0.05, 0.1) is 6.04 Å². The fraction of sp³-hybridized carbons (Fsp3) is 0.286. The maximum absolute atomic E-state index is 13.0. The Bertz CT molecular complexity index is 492. The van der Waals surface area contributed by atoms with Crippen LogP contribution < -0.4 is 5.73 Å². The molecule has 1 aromatic heterocycles. The third-order valence-electron chi connectivity index (χ3n) is 2.74. The van der Waals surface area contributed by atoms with Crippen molar-refractivity contribution in [1.29, 1.82) is 0 Å². The molecule has 90 valence electrons. The van der Waals surface area contributed by atoms with Gasteiger partial charge in [0.1, 0.15) is 17.3 Å². The minimum atomic E-state index is -0.233. The second kappa shape index (κ2) is 5.15. The van der Waals surface area contributed by atoms with Crippen molar-refractivity contribution in [3.8, 4) is 0 Å². The number of hydrogen-bond donors (Lipinski definition) is 1. The van der Waals surface area contributed by atoms with Crippen LogP contribution in [0.3, 0.4) is 0 Å². The Morgan fingerprint density at radius 3 is 2.76 bits per heavy atom. The molecule has 0 amide bonds. The first-order valence-electron chi connectivity index (χ1n) is 5.77. The summed E-state index contributed by atoms with van der Waals surface area (Å²) in [6.45, 7) is 2.03. The quantitative estimate of drug-likeness (QED) is 0.880. The van der Waals surface area contributed by atoms with Crippen molar-refractivity contribution in [3.05, 3.63) is 59.3 Å². The Morgan fingerprint density at radius 2 is 2.12 bits per heavy atom. The molecule has 0 saturated heterocycles. The molecule has 0 bridgehead atoms. The number of nitrogens with two attached hydrogens (primary N) is 1. The monoisotopic (exact) mass is 233 g/mol. The summed E-state index contributed by atoms with van der Waals surface area (Å²) in [5.41, 5.74) is 6.91. The van der Waals surface area contributed by atoms with Gasteiger partial charge in [0.15, 0.2) is 0 Å². The molecule has 1 unspecified atom stereocenters. The molecule has 2 N–H and O–H groups in total. The van der Waals surface area contributed by atoms with Crippen LogP contribution in [0.15, 0.2) is 40.8 Å². The highest BCUT2D eigenvalue weighted by molar-refractivity contribution is 5.20. The van der Waals surface area contributed by atoms with Gasteiger partial charge in [-0.15, -0.1) is 0 Å². The molecule has 0 fully saturated rings. The largest absolute Gasteiger partial charge is 0.464 e. The van der Waals surface area contributed by atoms with Crippen molar-refractivity contribution in [3.63, 3.8) is 0 Å². The van der Waals surface area contributed by atoms with E-state index in [4.69, 9.17) is 10.2 Å². The smallest absolute Gasteiger partial charge is 0.123 e. The highest BCUT2D eigenvalue weighted by Crippen LogP contribution is 2.19. The summed E-state index contributed by atoms with van der Waals surface area (Å²) in [7, 11) is 0. The van der Waals surface area contributed by atoms with Crippen molar-refractivity contribution in [2.24, 2.45) is 5.73 Å². The third-order valence-corrected chi connectivity index (χ3v) is 2.74. The molecule has 2 aromatic rings. The maximum atomic E-state index is 13.0. The van der Waals surface area contributed by atoms with E-state index in [0.717, 1.165) is 23.5 Å². The predicted octanol–water partition coefficient (Wildman–Crippen LogP) is 3.22.